The van der Waals surface area contributed by atoms with E-state index in [9.17, 15) is 14.7 Å². The summed E-state index contributed by atoms with van der Waals surface area (Å²) in [6, 6.07) is 0. The summed E-state index contributed by atoms with van der Waals surface area (Å²) in [5.41, 5.74) is 0. The van der Waals surface area contributed by atoms with Crippen LogP contribution in [0.5, 0.6) is 0 Å². The highest BCUT2D eigenvalue weighted by Crippen LogP contribution is 2.13. The molecule has 43 heavy (non-hydrogen) atoms. The summed E-state index contributed by atoms with van der Waals surface area (Å²) in [5, 5.41) is 9.50. The number of carbonyl (C=O) groups excluding carboxylic acids is 2. The molecular formula is C38H64O5. The Balaban J connectivity index is 3.71. The Morgan fingerprint density at radius 3 is 1.49 bits per heavy atom. The fourth-order valence-electron chi connectivity index (χ4n) is 4.47. The van der Waals surface area contributed by atoms with E-state index in [1.54, 1.807) is 0 Å². The normalized spacial score (nSPS) is 12.9. The lowest BCUT2D eigenvalue weighted by Gasteiger charge is -2.15. The average Bonchev–Trinajstić information content (AvgIpc) is 3.01. The summed E-state index contributed by atoms with van der Waals surface area (Å²) in [6.45, 7) is 3.95. The van der Waals surface area contributed by atoms with Crippen molar-refractivity contribution in [2.24, 2.45) is 0 Å². The third-order valence-electron chi connectivity index (χ3n) is 7.08. The van der Waals surface area contributed by atoms with Gasteiger partial charge >= 0.3 is 11.9 Å². The second kappa shape index (κ2) is 34.1. The first-order valence-electron chi connectivity index (χ1n) is 17.3. The lowest BCUT2D eigenvalue weighted by atomic mass is 10.0. The van der Waals surface area contributed by atoms with Gasteiger partial charge in [-0.2, -0.15) is 0 Å². The zero-order valence-electron chi connectivity index (χ0n) is 27.7. The van der Waals surface area contributed by atoms with Crippen molar-refractivity contribution < 1.29 is 24.2 Å². The van der Waals surface area contributed by atoms with E-state index in [4.69, 9.17) is 9.47 Å². The van der Waals surface area contributed by atoms with Crippen LogP contribution in [0.25, 0.3) is 0 Å². The first-order valence-corrected chi connectivity index (χ1v) is 17.3. The number of carbonyl (C=O) groups is 2. The number of aliphatic hydroxyl groups excluding tert-OH is 1. The maximum absolute atomic E-state index is 12.1. The number of aliphatic hydroxyl groups is 1. The largest absolute Gasteiger partial charge is 0.462 e. The van der Waals surface area contributed by atoms with Crippen LogP contribution in [0.3, 0.4) is 0 Å². The van der Waals surface area contributed by atoms with Crippen LogP contribution in [0.2, 0.25) is 0 Å². The molecule has 0 unspecified atom stereocenters. The van der Waals surface area contributed by atoms with Crippen LogP contribution in [-0.2, 0) is 19.1 Å². The summed E-state index contributed by atoms with van der Waals surface area (Å²) >= 11 is 0. The van der Waals surface area contributed by atoms with Gasteiger partial charge in [0.15, 0.2) is 6.10 Å². The maximum Gasteiger partial charge on any atom is 0.306 e. The molecule has 246 valence electrons. The number of ether oxygens (including phenoxy) is 2. The molecule has 0 bridgehead atoms. The van der Waals surface area contributed by atoms with Crippen molar-refractivity contribution in [1.29, 1.82) is 0 Å². The van der Waals surface area contributed by atoms with Crippen LogP contribution in [-0.4, -0.2) is 36.4 Å². The maximum atomic E-state index is 12.1. The SMILES string of the molecule is CC/C=C/C/C=C/C/C=C/C/C=C/C/C=C/CCCC(=O)OC[C@H](CO)OC(=O)CCCCCCCCCCCCCC. The highest BCUT2D eigenvalue weighted by molar-refractivity contribution is 5.70. The van der Waals surface area contributed by atoms with Gasteiger partial charge in [-0.3, -0.25) is 9.59 Å². The number of rotatable bonds is 30. The summed E-state index contributed by atoms with van der Waals surface area (Å²) < 4.78 is 10.5. The molecule has 0 radical (unpaired) electrons. The van der Waals surface area contributed by atoms with Gasteiger partial charge in [-0.15, -0.1) is 0 Å². The summed E-state index contributed by atoms with van der Waals surface area (Å²) in [6.07, 6.45) is 42.8. The smallest absolute Gasteiger partial charge is 0.306 e. The Bertz CT molecular complexity index is 777. The Morgan fingerprint density at radius 2 is 1.00 bits per heavy atom. The molecule has 5 heteroatoms. The van der Waals surface area contributed by atoms with Crippen LogP contribution >= 0.6 is 0 Å². The molecule has 0 aromatic rings. The van der Waals surface area contributed by atoms with Crippen LogP contribution in [0.15, 0.2) is 60.8 Å². The quantitative estimate of drug-likeness (QED) is 0.0504. The van der Waals surface area contributed by atoms with E-state index >= 15 is 0 Å². The first-order chi connectivity index (χ1) is 21.1. The molecule has 0 aromatic heterocycles. The monoisotopic (exact) mass is 600 g/mol. The number of esters is 2. The Hall–Kier alpha value is -2.40. The van der Waals surface area contributed by atoms with Gasteiger partial charge in [0.1, 0.15) is 6.61 Å². The summed E-state index contributed by atoms with van der Waals surface area (Å²) in [7, 11) is 0. The zero-order chi connectivity index (χ0) is 31.5. The van der Waals surface area contributed by atoms with E-state index in [2.05, 4.69) is 74.6 Å². The number of hydrogen-bond donors (Lipinski definition) is 1. The minimum absolute atomic E-state index is 0.0960. The topological polar surface area (TPSA) is 72.8 Å². The van der Waals surface area contributed by atoms with E-state index in [1.165, 1.54) is 57.8 Å². The third-order valence-corrected chi connectivity index (χ3v) is 7.08. The second-order valence-corrected chi connectivity index (χ2v) is 11.2. The molecule has 0 heterocycles. The summed E-state index contributed by atoms with van der Waals surface area (Å²) in [5.74, 6) is -0.664. The average molecular weight is 601 g/mol. The van der Waals surface area contributed by atoms with E-state index < -0.39 is 6.10 Å². The van der Waals surface area contributed by atoms with E-state index in [0.29, 0.717) is 19.3 Å². The molecule has 0 fully saturated rings. The fraction of sp³-hybridized carbons (Fsp3) is 0.684. The molecule has 0 spiro atoms. The number of unbranched alkanes of at least 4 members (excludes halogenated alkanes) is 12. The predicted molar refractivity (Wildman–Crippen MR) is 182 cm³/mol. The Kier molecular flexibility index (Phi) is 32.2. The zero-order valence-corrected chi connectivity index (χ0v) is 27.7. The summed E-state index contributed by atoms with van der Waals surface area (Å²) in [4.78, 5) is 24.1. The van der Waals surface area contributed by atoms with Gasteiger partial charge < -0.3 is 14.6 Å². The molecule has 1 atom stereocenters. The third kappa shape index (κ3) is 32.4. The molecular weight excluding hydrogens is 536 g/mol. The van der Waals surface area contributed by atoms with Crippen molar-refractivity contribution in [2.45, 2.75) is 155 Å². The highest BCUT2D eigenvalue weighted by Gasteiger charge is 2.15. The molecule has 0 amide bonds. The fourth-order valence-corrected chi connectivity index (χ4v) is 4.47. The van der Waals surface area contributed by atoms with Crippen molar-refractivity contribution in [3.63, 3.8) is 0 Å². The Labute approximate surface area is 264 Å². The van der Waals surface area contributed by atoms with Crippen molar-refractivity contribution in [1.82, 2.24) is 0 Å². The van der Waals surface area contributed by atoms with Gasteiger partial charge in [0, 0.05) is 12.8 Å². The van der Waals surface area contributed by atoms with Gasteiger partial charge in [-0.25, -0.2) is 0 Å². The Morgan fingerprint density at radius 1 is 0.558 bits per heavy atom. The van der Waals surface area contributed by atoms with Crippen molar-refractivity contribution >= 4 is 11.9 Å². The molecule has 1 N–H and O–H groups in total. The van der Waals surface area contributed by atoms with E-state index in [1.807, 2.05) is 0 Å². The van der Waals surface area contributed by atoms with Gasteiger partial charge in [0.2, 0.25) is 0 Å². The second-order valence-electron chi connectivity index (χ2n) is 11.2. The number of allylic oxidation sites excluding steroid dienone is 10. The van der Waals surface area contributed by atoms with Gasteiger partial charge in [0.05, 0.1) is 6.61 Å². The van der Waals surface area contributed by atoms with Crippen molar-refractivity contribution in [3.8, 4) is 0 Å². The van der Waals surface area contributed by atoms with Crippen molar-refractivity contribution in [2.75, 3.05) is 13.2 Å². The van der Waals surface area contributed by atoms with Crippen LogP contribution in [0, 0.1) is 0 Å². The molecule has 0 aliphatic carbocycles. The van der Waals surface area contributed by atoms with Gasteiger partial charge in [-0.1, -0.05) is 145 Å². The molecule has 0 saturated carbocycles. The van der Waals surface area contributed by atoms with Crippen LogP contribution in [0.1, 0.15) is 149 Å². The minimum atomic E-state index is -0.792. The lowest BCUT2D eigenvalue weighted by Crippen LogP contribution is -2.28. The van der Waals surface area contributed by atoms with Gasteiger partial charge in [-0.05, 0) is 51.4 Å². The van der Waals surface area contributed by atoms with Gasteiger partial charge in [0.25, 0.3) is 0 Å². The molecule has 0 aliphatic rings. The molecule has 0 saturated heterocycles. The lowest BCUT2D eigenvalue weighted by molar-refractivity contribution is -0.161. The number of hydrogen-bond acceptors (Lipinski definition) is 5. The van der Waals surface area contributed by atoms with Crippen LogP contribution < -0.4 is 0 Å². The molecule has 0 aliphatic heterocycles. The van der Waals surface area contributed by atoms with E-state index in [0.717, 1.165) is 57.8 Å². The van der Waals surface area contributed by atoms with Crippen molar-refractivity contribution in [3.05, 3.63) is 60.8 Å². The first kappa shape index (κ1) is 40.6. The minimum Gasteiger partial charge on any atom is -0.462 e. The molecule has 5 nitrogen and oxygen atoms in total. The molecule has 0 rings (SSSR count). The highest BCUT2D eigenvalue weighted by atomic mass is 16.6. The molecule has 0 aromatic carbocycles. The van der Waals surface area contributed by atoms with Crippen LogP contribution in [0.4, 0.5) is 0 Å². The standard InChI is InChI=1S/C38H64O5/c1-3-5-7-9-11-13-15-17-18-19-20-21-23-24-26-28-30-32-37(40)42-35-36(34-39)43-38(41)33-31-29-27-25-22-16-14-12-10-8-6-4-2/h5,7,11,13,17-18,20-21,24,26,36,39H,3-4,6,8-10,12,14-16,19,22-23,25,27-35H2,1-2H3/b7-5+,13-11+,18-17+,21-20+,26-24+/t36-/m0/s1. The predicted octanol–water partition coefficient (Wildman–Crippen LogP) is 10.4. The van der Waals surface area contributed by atoms with E-state index in [-0.39, 0.29) is 25.2 Å².